The number of amides is 1. The number of carbonyl (C=O) groups is 1. The van der Waals surface area contributed by atoms with Gasteiger partial charge in [-0.25, -0.2) is 4.31 Å². The van der Waals surface area contributed by atoms with E-state index in [2.05, 4.69) is 41.7 Å². The number of aliphatic hydroxyl groups excluding tert-OH is 1. The highest BCUT2D eigenvalue weighted by atomic mass is 32.2. The first-order chi connectivity index (χ1) is 16.5. The van der Waals surface area contributed by atoms with E-state index in [1.807, 2.05) is 23.5 Å². The van der Waals surface area contributed by atoms with Gasteiger partial charge in [-0.2, -0.15) is 0 Å². The van der Waals surface area contributed by atoms with Crippen LogP contribution in [0.1, 0.15) is 41.7 Å². The van der Waals surface area contributed by atoms with Crippen molar-refractivity contribution in [3.63, 3.8) is 0 Å². The molecule has 0 aliphatic heterocycles. The zero-order chi connectivity index (χ0) is 24.1. The third-order valence-corrected chi connectivity index (χ3v) is 6.65. The Morgan fingerprint density at radius 3 is 2.79 bits per heavy atom. The standard InChI is InChI=1S/C26H31N3O4S/c1-4-5-17-6-8-18(9-7-17)25-22-13-10-19-16-20(11-12-21(19)23(22)28-33-25)24(30)26(31)27-14-15-29(2)34-32-3/h6-9,11-12,16,24,30H,4-5,10,13-15H2,1-3H3,(H,27,31). The normalized spacial score (nSPS) is 13.4. The van der Waals surface area contributed by atoms with Crippen molar-refractivity contribution in [1.29, 1.82) is 0 Å². The van der Waals surface area contributed by atoms with Crippen LogP contribution in [-0.4, -0.2) is 47.7 Å². The first-order valence-corrected chi connectivity index (χ1v) is 12.3. The molecule has 1 aliphatic carbocycles. The summed E-state index contributed by atoms with van der Waals surface area (Å²) in [6.07, 6.45) is 2.57. The summed E-state index contributed by atoms with van der Waals surface area (Å²) < 4.78 is 12.6. The van der Waals surface area contributed by atoms with E-state index in [-0.39, 0.29) is 0 Å². The number of aliphatic hydroxyl groups is 1. The minimum Gasteiger partial charge on any atom is -0.378 e. The van der Waals surface area contributed by atoms with Gasteiger partial charge >= 0.3 is 0 Å². The van der Waals surface area contributed by atoms with Crippen LogP contribution in [0, 0.1) is 0 Å². The molecule has 2 N–H and O–H groups in total. The molecule has 1 unspecified atom stereocenters. The fourth-order valence-electron chi connectivity index (χ4n) is 4.32. The summed E-state index contributed by atoms with van der Waals surface area (Å²) in [5.74, 6) is 0.409. The first kappa shape index (κ1) is 24.5. The van der Waals surface area contributed by atoms with Crippen molar-refractivity contribution in [2.45, 2.75) is 38.7 Å². The average Bonchev–Trinajstić information content (AvgIpc) is 3.28. The maximum Gasteiger partial charge on any atom is 0.253 e. The molecule has 1 amide bonds. The molecular weight excluding hydrogens is 450 g/mol. The minimum absolute atomic E-state index is 0.414. The maximum atomic E-state index is 12.4. The van der Waals surface area contributed by atoms with Crippen LogP contribution < -0.4 is 5.32 Å². The third kappa shape index (κ3) is 5.36. The summed E-state index contributed by atoms with van der Waals surface area (Å²) in [5, 5.41) is 17.7. The van der Waals surface area contributed by atoms with Gasteiger partial charge in [-0.05, 0) is 43.0 Å². The number of fused-ring (bicyclic) bond motifs is 3. The Balaban J connectivity index is 1.47. The molecule has 3 aromatic rings. The van der Waals surface area contributed by atoms with Gasteiger partial charge in [-0.15, -0.1) is 0 Å². The van der Waals surface area contributed by atoms with E-state index in [1.54, 1.807) is 13.2 Å². The van der Waals surface area contributed by atoms with Crippen molar-refractivity contribution in [3.05, 3.63) is 64.7 Å². The van der Waals surface area contributed by atoms with E-state index in [4.69, 9.17) is 8.71 Å². The number of nitrogens with one attached hydrogen (secondary N) is 1. The molecule has 8 heteroatoms. The van der Waals surface area contributed by atoms with Gasteiger partial charge in [0.05, 0.1) is 19.3 Å². The Bertz CT molecular complexity index is 1130. The van der Waals surface area contributed by atoms with Gasteiger partial charge in [-0.3, -0.25) is 4.79 Å². The van der Waals surface area contributed by atoms with E-state index < -0.39 is 12.0 Å². The van der Waals surface area contributed by atoms with Crippen LogP contribution in [-0.2, 0) is 28.2 Å². The lowest BCUT2D eigenvalue weighted by atomic mass is 9.86. The molecule has 0 fully saturated rings. The number of hydrogen-bond donors (Lipinski definition) is 2. The van der Waals surface area contributed by atoms with Crippen LogP contribution in [0.2, 0.25) is 0 Å². The van der Waals surface area contributed by atoms with Crippen LogP contribution in [0.15, 0.2) is 47.0 Å². The molecule has 0 saturated heterocycles. The van der Waals surface area contributed by atoms with Crippen molar-refractivity contribution in [3.8, 4) is 22.6 Å². The van der Waals surface area contributed by atoms with Gasteiger partial charge in [0.25, 0.3) is 5.91 Å². The van der Waals surface area contributed by atoms with Crippen molar-refractivity contribution < 1.29 is 18.6 Å². The summed E-state index contributed by atoms with van der Waals surface area (Å²) in [5.41, 5.74) is 6.95. The second-order valence-electron chi connectivity index (χ2n) is 8.49. The minimum atomic E-state index is -1.22. The van der Waals surface area contributed by atoms with E-state index in [0.29, 0.717) is 18.7 Å². The lowest BCUT2D eigenvalue weighted by Gasteiger charge is -2.19. The predicted octanol–water partition coefficient (Wildman–Crippen LogP) is 4.35. The second-order valence-corrected chi connectivity index (χ2v) is 9.59. The van der Waals surface area contributed by atoms with Crippen LogP contribution in [0.5, 0.6) is 0 Å². The largest absolute Gasteiger partial charge is 0.378 e. The summed E-state index contributed by atoms with van der Waals surface area (Å²) >= 11 is 1.21. The number of nitrogens with zero attached hydrogens (tertiary/aromatic N) is 2. The molecule has 0 radical (unpaired) electrons. The molecule has 7 nitrogen and oxygen atoms in total. The van der Waals surface area contributed by atoms with Gasteiger partial charge in [-0.1, -0.05) is 61.0 Å². The second kappa shape index (κ2) is 11.2. The molecule has 180 valence electrons. The summed E-state index contributed by atoms with van der Waals surface area (Å²) in [6, 6.07) is 14.1. The molecule has 1 aliphatic rings. The zero-order valence-electron chi connectivity index (χ0n) is 19.8. The van der Waals surface area contributed by atoms with Crippen LogP contribution in [0.4, 0.5) is 0 Å². The summed E-state index contributed by atoms with van der Waals surface area (Å²) in [6.45, 7) is 3.19. The number of aromatic nitrogens is 1. The van der Waals surface area contributed by atoms with E-state index in [1.165, 1.54) is 17.8 Å². The van der Waals surface area contributed by atoms with Crippen molar-refractivity contribution in [1.82, 2.24) is 14.8 Å². The summed E-state index contributed by atoms with van der Waals surface area (Å²) in [7, 11) is 3.46. The molecule has 4 rings (SSSR count). The number of likely N-dealkylation sites (N-methyl/N-ethyl adjacent to an activating group) is 1. The lowest BCUT2D eigenvalue weighted by molar-refractivity contribution is -0.129. The van der Waals surface area contributed by atoms with E-state index >= 15 is 0 Å². The Morgan fingerprint density at radius 2 is 2.06 bits per heavy atom. The molecule has 34 heavy (non-hydrogen) atoms. The van der Waals surface area contributed by atoms with Crippen LogP contribution in [0.25, 0.3) is 22.6 Å². The molecule has 1 aromatic heterocycles. The molecule has 0 saturated carbocycles. The molecular formula is C26H31N3O4S. The predicted molar refractivity (Wildman–Crippen MR) is 134 cm³/mol. The number of aryl methyl sites for hydroxylation is 2. The van der Waals surface area contributed by atoms with Gasteiger partial charge in [0, 0.05) is 29.8 Å². The first-order valence-electron chi connectivity index (χ1n) is 11.6. The SMILES string of the molecule is CCCc1ccc(-c2onc3c2CCc2cc(C(O)C(=O)NCCN(C)SOC)ccc2-3)cc1. The van der Waals surface area contributed by atoms with Crippen molar-refractivity contribution in [2.75, 3.05) is 27.2 Å². The average molecular weight is 482 g/mol. The van der Waals surface area contributed by atoms with Crippen molar-refractivity contribution in [2.24, 2.45) is 0 Å². The lowest BCUT2D eigenvalue weighted by Crippen LogP contribution is -2.34. The quantitative estimate of drug-likeness (QED) is 0.329. The molecule has 0 bridgehead atoms. The highest BCUT2D eigenvalue weighted by Crippen LogP contribution is 2.39. The van der Waals surface area contributed by atoms with Crippen LogP contribution >= 0.6 is 12.2 Å². The molecule has 0 spiro atoms. The Morgan fingerprint density at radius 1 is 1.26 bits per heavy atom. The molecule has 1 heterocycles. The van der Waals surface area contributed by atoms with Gasteiger partial charge in [0.1, 0.15) is 5.69 Å². The van der Waals surface area contributed by atoms with Crippen LogP contribution in [0.3, 0.4) is 0 Å². The Hall–Kier alpha value is -2.65. The smallest absolute Gasteiger partial charge is 0.253 e. The Labute approximate surface area is 204 Å². The zero-order valence-corrected chi connectivity index (χ0v) is 20.7. The van der Waals surface area contributed by atoms with Gasteiger partial charge < -0.3 is 19.1 Å². The molecule has 2 aromatic carbocycles. The highest BCUT2D eigenvalue weighted by Gasteiger charge is 2.26. The fraction of sp³-hybridized carbons (Fsp3) is 0.385. The monoisotopic (exact) mass is 481 g/mol. The fourth-order valence-corrected chi connectivity index (χ4v) is 4.74. The van der Waals surface area contributed by atoms with E-state index in [0.717, 1.165) is 59.4 Å². The topological polar surface area (TPSA) is 87.8 Å². The third-order valence-electron chi connectivity index (χ3n) is 6.06. The number of rotatable bonds is 10. The van der Waals surface area contributed by atoms with Gasteiger partial charge in [0.15, 0.2) is 11.9 Å². The van der Waals surface area contributed by atoms with E-state index in [9.17, 15) is 9.90 Å². The summed E-state index contributed by atoms with van der Waals surface area (Å²) in [4.78, 5) is 12.4. The highest BCUT2D eigenvalue weighted by molar-refractivity contribution is 7.92. The maximum absolute atomic E-state index is 12.4. The van der Waals surface area contributed by atoms with Gasteiger partial charge in [0.2, 0.25) is 0 Å². The van der Waals surface area contributed by atoms with Crippen molar-refractivity contribution >= 4 is 18.1 Å². The number of benzene rings is 2. The Kier molecular flexibility index (Phi) is 8.05. The molecule has 1 atom stereocenters. The number of hydrogen-bond acceptors (Lipinski definition) is 7. The number of carbonyl (C=O) groups excluding carboxylic acids is 1.